The summed E-state index contributed by atoms with van der Waals surface area (Å²) in [6, 6.07) is 13.5. The van der Waals surface area contributed by atoms with Crippen molar-refractivity contribution in [1.29, 1.82) is 0 Å². The maximum Gasteiger partial charge on any atom is 0.329 e. The highest BCUT2D eigenvalue weighted by Gasteiger charge is 2.45. The Balaban J connectivity index is 1.53. The maximum absolute atomic E-state index is 13.3. The number of nitrogens with one attached hydrogen (secondary N) is 2. The number of carboxylic acid groups (broad SMARTS) is 1. The summed E-state index contributed by atoms with van der Waals surface area (Å²) in [4.78, 5) is 50.2. The van der Waals surface area contributed by atoms with Crippen LogP contribution < -0.4 is 10.6 Å². The van der Waals surface area contributed by atoms with E-state index in [1.54, 1.807) is 12.1 Å². The first-order chi connectivity index (χ1) is 14.9. The third-order valence-electron chi connectivity index (χ3n) is 5.35. The zero-order chi connectivity index (χ0) is 22.0. The van der Waals surface area contributed by atoms with Gasteiger partial charge in [-0.1, -0.05) is 36.4 Å². The highest BCUT2D eigenvalue weighted by Crippen LogP contribution is 2.32. The summed E-state index contributed by atoms with van der Waals surface area (Å²) in [6.45, 7) is -0.718. The number of aliphatic carboxylic acids is 1. The van der Waals surface area contributed by atoms with E-state index in [1.165, 1.54) is 4.90 Å². The second-order valence-electron chi connectivity index (χ2n) is 7.41. The van der Waals surface area contributed by atoms with Crippen molar-refractivity contribution in [3.8, 4) is 11.1 Å². The third-order valence-corrected chi connectivity index (χ3v) is 5.35. The van der Waals surface area contributed by atoms with Gasteiger partial charge in [0.15, 0.2) is 0 Å². The number of nitrogens with zero attached hydrogens (tertiary/aromatic N) is 1. The molecular weight excluding hydrogens is 402 g/mol. The number of amides is 3. The fourth-order valence-electron chi connectivity index (χ4n) is 3.98. The van der Waals surface area contributed by atoms with Crippen LogP contribution in [-0.2, 0) is 19.1 Å². The molecule has 2 aliphatic heterocycles. The van der Waals surface area contributed by atoms with Crippen molar-refractivity contribution < 1.29 is 29.0 Å². The molecule has 2 heterocycles. The summed E-state index contributed by atoms with van der Waals surface area (Å²) in [5.41, 5.74) is 2.64. The number of fused-ring (bicyclic) bond motifs is 2. The van der Waals surface area contributed by atoms with Crippen LogP contribution in [0.5, 0.6) is 0 Å². The van der Waals surface area contributed by atoms with Gasteiger partial charge in [-0.15, -0.1) is 0 Å². The highest BCUT2D eigenvalue weighted by atomic mass is 16.5. The Labute approximate surface area is 178 Å². The molecule has 0 radical (unpaired) electrons. The van der Waals surface area contributed by atoms with Gasteiger partial charge in [0.05, 0.1) is 17.3 Å². The minimum atomic E-state index is -1.18. The smallest absolute Gasteiger partial charge is 0.329 e. The summed E-state index contributed by atoms with van der Waals surface area (Å²) >= 11 is 0. The van der Waals surface area contributed by atoms with E-state index in [0.29, 0.717) is 24.2 Å². The molecule has 9 nitrogen and oxygen atoms in total. The lowest BCUT2D eigenvalue weighted by Crippen LogP contribution is -2.52. The molecule has 0 saturated carbocycles. The largest absolute Gasteiger partial charge is 0.480 e. The lowest BCUT2D eigenvalue weighted by atomic mass is 10.0. The van der Waals surface area contributed by atoms with Crippen LogP contribution in [0.3, 0.4) is 0 Å². The van der Waals surface area contributed by atoms with Crippen molar-refractivity contribution in [2.24, 2.45) is 0 Å². The minimum Gasteiger partial charge on any atom is -0.480 e. The Morgan fingerprint density at radius 3 is 2.61 bits per heavy atom. The van der Waals surface area contributed by atoms with E-state index in [-0.39, 0.29) is 11.8 Å². The summed E-state index contributed by atoms with van der Waals surface area (Å²) in [5, 5.41) is 14.1. The van der Waals surface area contributed by atoms with Crippen LogP contribution in [0.4, 0.5) is 5.69 Å². The van der Waals surface area contributed by atoms with Gasteiger partial charge in [0, 0.05) is 6.54 Å². The Bertz CT molecular complexity index is 1040. The third kappa shape index (κ3) is 4.26. The number of carbonyl (C=O) groups is 4. The molecule has 0 aromatic heterocycles. The zero-order valence-electron chi connectivity index (χ0n) is 16.5. The molecule has 0 bridgehead atoms. The first-order valence-corrected chi connectivity index (χ1v) is 9.84. The van der Waals surface area contributed by atoms with E-state index in [2.05, 4.69) is 10.6 Å². The van der Waals surface area contributed by atoms with Crippen LogP contribution in [0, 0.1) is 0 Å². The molecular formula is C22H21N3O6. The van der Waals surface area contributed by atoms with Gasteiger partial charge >= 0.3 is 5.97 Å². The fourth-order valence-corrected chi connectivity index (χ4v) is 3.98. The van der Waals surface area contributed by atoms with Crippen LogP contribution in [0.1, 0.15) is 16.8 Å². The first-order valence-electron chi connectivity index (χ1n) is 9.84. The average molecular weight is 423 g/mol. The number of carbonyl (C=O) groups excluding carboxylic acids is 3. The molecule has 4 rings (SSSR count). The molecule has 2 atom stereocenters. The lowest BCUT2D eigenvalue weighted by molar-refractivity contribution is -0.143. The van der Waals surface area contributed by atoms with E-state index < -0.39 is 37.2 Å². The number of hydrogen-bond acceptors (Lipinski definition) is 5. The molecule has 2 aromatic rings. The number of anilines is 1. The van der Waals surface area contributed by atoms with E-state index in [4.69, 9.17) is 9.84 Å². The second kappa shape index (κ2) is 8.57. The van der Waals surface area contributed by atoms with E-state index in [1.807, 2.05) is 36.4 Å². The lowest BCUT2D eigenvalue weighted by Gasteiger charge is -2.24. The van der Waals surface area contributed by atoms with Crippen molar-refractivity contribution in [3.05, 3.63) is 54.1 Å². The van der Waals surface area contributed by atoms with Gasteiger partial charge < -0.3 is 25.4 Å². The van der Waals surface area contributed by atoms with Crippen LogP contribution in [0.15, 0.2) is 48.5 Å². The minimum absolute atomic E-state index is 0.282. The van der Waals surface area contributed by atoms with Gasteiger partial charge in [-0.3, -0.25) is 14.4 Å². The molecule has 3 N–H and O–H groups in total. The Kier molecular flexibility index (Phi) is 5.68. The first kappa shape index (κ1) is 20.5. The predicted octanol–water partition coefficient (Wildman–Crippen LogP) is 1.11. The summed E-state index contributed by atoms with van der Waals surface area (Å²) < 4.78 is 4.79. The fraction of sp³-hybridized carbons (Fsp3) is 0.273. The number of ether oxygens (including phenoxy) is 1. The van der Waals surface area contributed by atoms with E-state index in [9.17, 15) is 19.2 Å². The number of carboxylic acids is 1. The van der Waals surface area contributed by atoms with Crippen LogP contribution >= 0.6 is 0 Å². The molecule has 0 unspecified atom stereocenters. The maximum atomic E-state index is 13.3. The van der Waals surface area contributed by atoms with Gasteiger partial charge in [-0.05, 0) is 29.7 Å². The average Bonchev–Trinajstić information content (AvgIpc) is 3.13. The summed E-state index contributed by atoms with van der Waals surface area (Å²) in [6.07, 6.45) is 0.405. The van der Waals surface area contributed by atoms with Gasteiger partial charge in [0.2, 0.25) is 11.8 Å². The van der Waals surface area contributed by atoms with Crippen LogP contribution in [0.25, 0.3) is 11.1 Å². The molecule has 0 aliphatic carbocycles. The molecule has 1 saturated heterocycles. The molecule has 0 spiro atoms. The summed E-state index contributed by atoms with van der Waals surface area (Å²) in [5.74, 6) is -2.38. The zero-order valence-corrected chi connectivity index (χ0v) is 16.5. The van der Waals surface area contributed by atoms with Gasteiger partial charge in [0.1, 0.15) is 19.3 Å². The predicted molar refractivity (Wildman–Crippen MR) is 110 cm³/mol. The van der Waals surface area contributed by atoms with Gasteiger partial charge in [-0.2, -0.15) is 0 Å². The van der Waals surface area contributed by atoms with Crippen LogP contribution in [0.2, 0.25) is 0 Å². The van der Waals surface area contributed by atoms with Crippen LogP contribution in [-0.4, -0.2) is 65.5 Å². The van der Waals surface area contributed by atoms with Crippen molar-refractivity contribution >= 4 is 29.4 Å². The van der Waals surface area contributed by atoms with Crippen molar-refractivity contribution in [1.82, 2.24) is 10.2 Å². The van der Waals surface area contributed by atoms with E-state index >= 15 is 0 Å². The molecule has 31 heavy (non-hydrogen) atoms. The van der Waals surface area contributed by atoms with Gasteiger partial charge in [-0.25, -0.2) is 4.79 Å². The van der Waals surface area contributed by atoms with Crippen molar-refractivity contribution in [3.63, 3.8) is 0 Å². The number of benzene rings is 2. The van der Waals surface area contributed by atoms with E-state index in [0.717, 1.165) is 11.1 Å². The van der Waals surface area contributed by atoms with Crippen molar-refractivity contribution in [2.75, 3.05) is 25.1 Å². The molecule has 3 amide bonds. The second-order valence-corrected chi connectivity index (χ2v) is 7.41. The summed E-state index contributed by atoms with van der Waals surface area (Å²) in [7, 11) is 0. The standard InChI is InChI=1S/C22H21N3O6/c26-18(11-31-12-19(27)28)23-17-8-9-25-20(17)21(29)24-16-7-6-14(10-15(16)22(25)30)13-4-2-1-3-5-13/h1-7,10,17,20H,8-9,11-12H2,(H,23,26)(H,24,29)(H,27,28)/t17-,20-/m0/s1. The normalized spacial score (nSPS) is 19.8. The Morgan fingerprint density at radius 2 is 1.87 bits per heavy atom. The molecule has 2 aliphatic rings. The Hall–Kier alpha value is -3.72. The number of hydrogen-bond donors (Lipinski definition) is 3. The molecule has 2 aromatic carbocycles. The SMILES string of the molecule is O=C(O)COCC(=O)N[C@H]1CCN2C(=O)c3cc(-c4ccccc4)ccc3NC(=O)[C@H]12. The topological polar surface area (TPSA) is 125 Å². The molecule has 160 valence electrons. The molecule has 9 heteroatoms. The van der Waals surface area contributed by atoms with Gasteiger partial charge in [0.25, 0.3) is 5.91 Å². The Morgan fingerprint density at radius 1 is 1.10 bits per heavy atom. The number of rotatable bonds is 6. The highest BCUT2D eigenvalue weighted by molar-refractivity contribution is 6.11. The molecule has 1 fully saturated rings. The van der Waals surface area contributed by atoms with Crippen molar-refractivity contribution in [2.45, 2.75) is 18.5 Å². The monoisotopic (exact) mass is 423 g/mol. The quantitative estimate of drug-likeness (QED) is 0.639.